The van der Waals surface area contributed by atoms with Crippen molar-refractivity contribution >= 4 is 29.5 Å². The molecule has 13 heteroatoms. The summed E-state index contributed by atoms with van der Waals surface area (Å²) in [4.78, 5) is 65.2. The summed E-state index contributed by atoms with van der Waals surface area (Å²) in [5.74, 6) is -1.76. The molecule has 7 N–H and O–H groups in total. The van der Waals surface area contributed by atoms with E-state index < -0.39 is 36.0 Å². The first-order valence-corrected chi connectivity index (χ1v) is 16.7. The first kappa shape index (κ1) is 40.3. The van der Waals surface area contributed by atoms with Crippen molar-refractivity contribution in [1.29, 1.82) is 0 Å². The van der Waals surface area contributed by atoms with Crippen LogP contribution in [0.4, 0.5) is 0 Å². The molecule has 6 atom stereocenters. The Labute approximate surface area is 274 Å². The standard InChI is InChI=1S/C33H57N7O6/c1-9-13-26(31(43)34-12-4)37-29(41)23(8)35-20-25(19-21(5)6)36-32(44)27(14-10-2)38-33(45)28(22(7)11-3)39-30(42)24-15-17-40(46)18-16-24/h15-18,21-23,25-28,35H,9-14,19-20H2,1-8H3,(H5-,34,36,37,38,39,41,42,43,44,45,46)/p+1/t22?,23-,25?,26?,27-,28?/m0/s1. The van der Waals surface area contributed by atoms with Crippen LogP contribution in [0.3, 0.4) is 0 Å². The second kappa shape index (κ2) is 21.1. The van der Waals surface area contributed by atoms with Crippen molar-refractivity contribution in [2.24, 2.45) is 11.8 Å². The highest BCUT2D eigenvalue weighted by atomic mass is 16.5. The highest BCUT2D eigenvalue weighted by molar-refractivity contribution is 5.98. The Kier molecular flexibility index (Phi) is 18.5. The van der Waals surface area contributed by atoms with Crippen LogP contribution in [0.5, 0.6) is 0 Å². The zero-order valence-electron chi connectivity index (χ0n) is 28.9. The Bertz CT molecular complexity index is 1110. The maximum absolute atomic E-state index is 13.5. The summed E-state index contributed by atoms with van der Waals surface area (Å²) in [7, 11) is 0. The van der Waals surface area contributed by atoms with E-state index in [2.05, 4.69) is 31.9 Å². The summed E-state index contributed by atoms with van der Waals surface area (Å²) in [5, 5.41) is 26.9. The molecule has 260 valence electrons. The quantitative estimate of drug-likeness (QED) is 0.0780. The van der Waals surface area contributed by atoms with Gasteiger partial charge in [0.1, 0.15) is 18.1 Å². The molecule has 0 radical (unpaired) electrons. The summed E-state index contributed by atoms with van der Waals surface area (Å²) in [5.41, 5.74) is 0.284. The summed E-state index contributed by atoms with van der Waals surface area (Å²) in [6.07, 6.45) is 6.19. The molecule has 0 saturated heterocycles. The highest BCUT2D eigenvalue weighted by Gasteiger charge is 2.31. The van der Waals surface area contributed by atoms with E-state index in [9.17, 15) is 29.2 Å². The molecule has 0 aliphatic rings. The third-order valence-electron chi connectivity index (χ3n) is 7.80. The van der Waals surface area contributed by atoms with E-state index in [-0.39, 0.29) is 41.2 Å². The molecule has 1 heterocycles. The van der Waals surface area contributed by atoms with Gasteiger partial charge in [0.05, 0.1) is 11.6 Å². The third kappa shape index (κ3) is 14.1. The average molecular weight is 649 g/mol. The molecule has 1 aromatic rings. The highest BCUT2D eigenvalue weighted by Crippen LogP contribution is 2.12. The zero-order valence-corrected chi connectivity index (χ0v) is 28.9. The molecular weight excluding hydrogens is 590 g/mol. The summed E-state index contributed by atoms with van der Waals surface area (Å²) < 4.78 is 0.818. The van der Waals surface area contributed by atoms with E-state index in [1.54, 1.807) is 6.92 Å². The van der Waals surface area contributed by atoms with Crippen molar-refractivity contribution in [2.45, 2.75) is 124 Å². The van der Waals surface area contributed by atoms with E-state index in [0.717, 1.165) is 11.2 Å². The fourth-order valence-corrected chi connectivity index (χ4v) is 4.94. The molecule has 4 unspecified atom stereocenters. The van der Waals surface area contributed by atoms with Gasteiger partial charge in [0, 0.05) is 36.0 Å². The van der Waals surface area contributed by atoms with Crippen LogP contribution in [-0.4, -0.2) is 78.0 Å². The van der Waals surface area contributed by atoms with Crippen molar-refractivity contribution in [3.8, 4) is 0 Å². The van der Waals surface area contributed by atoms with Gasteiger partial charge >= 0.3 is 0 Å². The number of aromatic nitrogens is 1. The molecule has 1 aromatic heterocycles. The lowest BCUT2D eigenvalue weighted by Crippen LogP contribution is -2.58. The van der Waals surface area contributed by atoms with E-state index in [1.807, 2.05) is 48.5 Å². The molecule has 0 aliphatic carbocycles. The van der Waals surface area contributed by atoms with Gasteiger partial charge in [-0.2, -0.15) is 0 Å². The van der Waals surface area contributed by atoms with Crippen LogP contribution in [0, 0.1) is 11.8 Å². The van der Waals surface area contributed by atoms with Gasteiger partial charge in [0.25, 0.3) is 5.91 Å². The van der Waals surface area contributed by atoms with Gasteiger partial charge in [-0.3, -0.25) is 29.2 Å². The number of pyridine rings is 1. The van der Waals surface area contributed by atoms with Crippen molar-refractivity contribution in [1.82, 2.24) is 31.9 Å². The number of hydrogen-bond donors (Lipinski definition) is 7. The number of nitrogens with zero attached hydrogens (tertiary/aromatic N) is 1. The summed E-state index contributed by atoms with van der Waals surface area (Å²) in [6.45, 7) is 16.0. The van der Waals surface area contributed by atoms with Gasteiger partial charge in [-0.1, -0.05) is 60.8 Å². The van der Waals surface area contributed by atoms with Gasteiger partial charge in [-0.15, -0.1) is 0 Å². The number of likely N-dealkylation sites (N-methyl/N-ethyl adjacent to an activating group) is 1. The summed E-state index contributed by atoms with van der Waals surface area (Å²) in [6, 6.07) is -0.383. The molecule has 0 fully saturated rings. The second-order valence-corrected chi connectivity index (χ2v) is 12.4. The van der Waals surface area contributed by atoms with Crippen LogP contribution in [0.1, 0.15) is 104 Å². The van der Waals surface area contributed by atoms with Crippen LogP contribution in [0.2, 0.25) is 0 Å². The third-order valence-corrected chi connectivity index (χ3v) is 7.80. The monoisotopic (exact) mass is 648 g/mol. The van der Waals surface area contributed by atoms with Crippen LogP contribution >= 0.6 is 0 Å². The van der Waals surface area contributed by atoms with Crippen LogP contribution in [-0.2, 0) is 19.2 Å². The lowest BCUT2D eigenvalue weighted by Gasteiger charge is -2.28. The van der Waals surface area contributed by atoms with Gasteiger partial charge in [-0.25, -0.2) is 0 Å². The fraction of sp³-hybridized carbons (Fsp3) is 0.697. The normalized spacial score (nSPS) is 15.1. The molecule has 0 saturated carbocycles. The van der Waals surface area contributed by atoms with Crippen LogP contribution in [0.15, 0.2) is 24.5 Å². The van der Waals surface area contributed by atoms with E-state index in [1.165, 1.54) is 24.5 Å². The smallest absolute Gasteiger partial charge is 0.252 e. The SMILES string of the molecule is CCCC(NC(=O)[C@H](C)NCC(CC(C)C)NC(=O)[C@H](CCC)NC(=O)C(NC(=O)c1cc[n+](O)cc1)C(C)CC)C(=O)NCC. The Morgan fingerprint density at radius 1 is 0.761 bits per heavy atom. The van der Waals surface area contributed by atoms with Crippen LogP contribution < -0.4 is 36.6 Å². The molecule has 0 aliphatic heterocycles. The number of hydrogen-bond acceptors (Lipinski definition) is 7. The van der Waals surface area contributed by atoms with Crippen molar-refractivity contribution in [3.63, 3.8) is 0 Å². The van der Waals surface area contributed by atoms with Gasteiger partial charge in [0.2, 0.25) is 36.0 Å². The molecule has 5 amide bonds. The zero-order chi connectivity index (χ0) is 34.8. The van der Waals surface area contributed by atoms with Gasteiger partial charge < -0.3 is 31.9 Å². The molecule has 46 heavy (non-hydrogen) atoms. The molecule has 0 spiro atoms. The number of nitrogens with one attached hydrogen (secondary N) is 6. The first-order chi connectivity index (χ1) is 21.8. The minimum Gasteiger partial charge on any atom is -0.355 e. The van der Waals surface area contributed by atoms with E-state index in [0.29, 0.717) is 45.2 Å². The number of carbonyl (C=O) groups excluding carboxylic acids is 5. The average Bonchev–Trinajstić information content (AvgIpc) is 3.01. The lowest BCUT2D eigenvalue weighted by molar-refractivity contribution is -0.904. The minimum atomic E-state index is -0.880. The van der Waals surface area contributed by atoms with Crippen molar-refractivity contribution in [3.05, 3.63) is 30.1 Å². The van der Waals surface area contributed by atoms with E-state index >= 15 is 0 Å². The first-order valence-electron chi connectivity index (χ1n) is 16.7. The fourth-order valence-electron chi connectivity index (χ4n) is 4.94. The molecule has 13 nitrogen and oxygen atoms in total. The molecule has 0 bridgehead atoms. The lowest BCUT2D eigenvalue weighted by atomic mass is 9.97. The van der Waals surface area contributed by atoms with Crippen molar-refractivity contribution in [2.75, 3.05) is 13.1 Å². The Morgan fingerprint density at radius 2 is 1.33 bits per heavy atom. The minimum absolute atomic E-state index is 0.212. The Morgan fingerprint density at radius 3 is 1.85 bits per heavy atom. The largest absolute Gasteiger partial charge is 0.355 e. The number of rotatable bonds is 21. The maximum Gasteiger partial charge on any atom is 0.252 e. The Hall–Kier alpha value is -3.74. The van der Waals surface area contributed by atoms with Gasteiger partial charge in [0.15, 0.2) is 0 Å². The van der Waals surface area contributed by atoms with Crippen molar-refractivity contribution < 1.29 is 33.9 Å². The number of carbonyl (C=O) groups is 5. The Balaban J connectivity index is 2.96. The number of amides is 5. The molecule has 1 rings (SSSR count). The van der Waals surface area contributed by atoms with Gasteiger partial charge in [-0.05, 0) is 44.9 Å². The predicted molar refractivity (Wildman–Crippen MR) is 176 cm³/mol. The van der Waals surface area contributed by atoms with Crippen LogP contribution in [0.25, 0.3) is 0 Å². The predicted octanol–water partition coefficient (Wildman–Crippen LogP) is 1.57. The topological polar surface area (TPSA) is 182 Å². The maximum atomic E-state index is 13.5. The molecular formula is C33H58N7O6+. The molecule has 0 aromatic carbocycles. The second-order valence-electron chi connectivity index (χ2n) is 12.4. The van der Waals surface area contributed by atoms with E-state index in [4.69, 9.17) is 0 Å². The summed E-state index contributed by atoms with van der Waals surface area (Å²) >= 11 is 0.